The van der Waals surface area contributed by atoms with Crippen LogP contribution in [-0.2, 0) is 0 Å². The van der Waals surface area contributed by atoms with E-state index in [1.54, 1.807) is 22.8 Å². The highest BCUT2D eigenvalue weighted by atomic mass is 32.2. The van der Waals surface area contributed by atoms with Gasteiger partial charge in [-0.25, -0.2) is 14.3 Å². The Bertz CT molecular complexity index is 681. The second-order valence-corrected chi connectivity index (χ2v) is 6.73. The molecule has 3 N–H and O–H groups in total. The number of nitrogens with zero attached hydrogens (tertiary/aromatic N) is 3. The SMILES string of the molecule is Cc1nc2ccc(NC(=O)NC3(CO)CCSCC3)cn2n1. The number of nitrogens with one attached hydrogen (secondary N) is 2. The zero-order chi connectivity index (χ0) is 15.6. The molecule has 2 aromatic rings. The number of carbonyl (C=O) groups excluding carboxylic acids is 1. The van der Waals surface area contributed by atoms with Crippen LogP contribution < -0.4 is 10.6 Å². The van der Waals surface area contributed by atoms with Gasteiger partial charge in [-0.15, -0.1) is 0 Å². The summed E-state index contributed by atoms with van der Waals surface area (Å²) >= 11 is 1.85. The lowest BCUT2D eigenvalue weighted by Gasteiger charge is -2.36. The van der Waals surface area contributed by atoms with E-state index in [4.69, 9.17) is 0 Å². The quantitative estimate of drug-likeness (QED) is 0.795. The first kappa shape index (κ1) is 15.1. The van der Waals surface area contributed by atoms with Crippen LogP contribution in [0.4, 0.5) is 10.5 Å². The van der Waals surface area contributed by atoms with Crippen LogP contribution in [0.25, 0.3) is 5.65 Å². The molecule has 0 unspecified atom stereocenters. The van der Waals surface area contributed by atoms with Gasteiger partial charge in [0.1, 0.15) is 5.82 Å². The maximum absolute atomic E-state index is 12.2. The number of thioether (sulfide) groups is 1. The number of urea groups is 1. The van der Waals surface area contributed by atoms with E-state index in [0.29, 0.717) is 11.5 Å². The van der Waals surface area contributed by atoms with Crippen LogP contribution in [0, 0.1) is 6.92 Å². The number of rotatable bonds is 3. The van der Waals surface area contributed by atoms with Gasteiger partial charge in [0.05, 0.1) is 24.0 Å². The van der Waals surface area contributed by atoms with E-state index in [1.807, 2.05) is 18.7 Å². The molecule has 2 aromatic heterocycles. The summed E-state index contributed by atoms with van der Waals surface area (Å²) in [7, 11) is 0. The van der Waals surface area contributed by atoms with Crippen molar-refractivity contribution in [3.63, 3.8) is 0 Å². The number of aromatic nitrogens is 3. The zero-order valence-corrected chi connectivity index (χ0v) is 13.2. The van der Waals surface area contributed by atoms with E-state index in [9.17, 15) is 9.90 Å². The Balaban J connectivity index is 1.69. The molecule has 8 heteroatoms. The number of hydrogen-bond acceptors (Lipinski definition) is 5. The largest absolute Gasteiger partial charge is 0.394 e. The topological polar surface area (TPSA) is 91.5 Å². The molecule has 0 spiro atoms. The number of pyridine rings is 1. The third kappa shape index (κ3) is 3.17. The van der Waals surface area contributed by atoms with E-state index in [-0.39, 0.29) is 12.6 Å². The van der Waals surface area contributed by atoms with Gasteiger partial charge in [0.25, 0.3) is 0 Å². The van der Waals surface area contributed by atoms with Crippen LogP contribution in [0.1, 0.15) is 18.7 Å². The lowest BCUT2D eigenvalue weighted by Crippen LogP contribution is -2.54. The summed E-state index contributed by atoms with van der Waals surface area (Å²) < 4.78 is 1.63. The minimum Gasteiger partial charge on any atom is -0.394 e. The molecule has 2 amide bonds. The van der Waals surface area contributed by atoms with Crippen molar-refractivity contribution in [3.05, 3.63) is 24.2 Å². The molecule has 1 aliphatic rings. The smallest absolute Gasteiger partial charge is 0.319 e. The lowest BCUT2D eigenvalue weighted by atomic mass is 9.93. The fourth-order valence-corrected chi connectivity index (χ4v) is 3.83. The van der Waals surface area contributed by atoms with Crippen LogP contribution in [0.3, 0.4) is 0 Å². The summed E-state index contributed by atoms with van der Waals surface area (Å²) in [5.74, 6) is 2.58. The Morgan fingerprint density at radius 1 is 1.45 bits per heavy atom. The molecular weight excluding hydrogens is 302 g/mol. The van der Waals surface area contributed by atoms with Crippen molar-refractivity contribution in [1.82, 2.24) is 19.9 Å². The first-order chi connectivity index (χ1) is 10.6. The normalized spacial score (nSPS) is 17.4. The highest BCUT2D eigenvalue weighted by molar-refractivity contribution is 7.99. The summed E-state index contributed by atoms with van der Waals surface area (Å²) in [4.78, 5) is 16.4. The highest BCUT2D eigenvalue weighted by Crippen LogP contribution is 2.26. The molecule has 0 radical (unpaired) electrons. The summed E-state index contributed by atoms with van der Waals surface area (Å²) in [5, 5.41) is 19.6. The Morgan fingerprint density at radius 2 is 2.23 bits per heavy atom. The van der Waals surface area contributed by atoms with E-state index in [1.165, 1.54) is 0 Å². The van der Waals surface area contributed by atoms with Gasteiger partial charge in [-0.05, 0) is 43.4 Å². The molecule has 118 valence electrons. The predicted molar refractivity (Wildman–Crippen MR) is 86.3 cm³/mol. The van der Waals surface area contributed by atoms with Gasteiger partial charge in [-0.3, -0.25) is 0 Å². The van der Waals surface area contributed by atoms with Crippen molar-refractivity contribution in [2.24, 2.45) is 0 Å². The Kier molecular flexibility index (Phi) is 4.21. The van der Waals surface area contributed by atoms with Gasteiger partial charge in [-0.1, -0.05) is 0 Å². The van der Waals surface area contributed by atoms with Crippen LogP contribution >= 0.6 is 11.8 Å². The Morgan fingerprint density at radius 3 is 2.95 bits per heavy atom. The van der Waals surface area contributed by atoms with Gasteiger partial charge in [-0.2, -0.15) is 16.9 Å². The fraction of sp³-hybridized carbons (Fsp3) is 0.500. The maximum Gasteiger partial charge on any atom is 0.319 e. The number of fused-ring (bicyclic) bond motifs is 1. The molecule has 0 aliphatic carbocycles. The van der Waals surface area contributed by atoms with E-state index < -0.39 is 5.54 Å². The number of carbonyl (C=O) groups is 1. The minimum atomic E-state index is -0.511. The molecule has 3 rings (SSSR count). The summed E-state index contributed by atoms with van der Waals surface area (Å²) in [6.07, 6.45) is 3.28. The summed E-state index contributed by atoms with van der Waals surface area (Å²) in [6, 6.07) is 3.28. The van der Waals surface area contributed by atoms with Crippen LogP contribution in [0.15, 0.2) is 18.3 Å². The fourth-order valence-electron chi connectivity index (χ4n) is 2.56. The van der Waals surface area contributed by atoms with E-state index in [2.05, 4.69) is 20.7 Å². The van der Waals surface area contributed by atoms with Crippen LogP contribution in [0.5, 0.6) is 0 Å². The molecule has 3 heterocycles. The van der Waals surface area contributed by atoms with E-state index >= 15 is 0 Å². The first-order valence-electron chi connectivity index (χ1n) is 7.21. The molecule has 0 saturated carbocycles. The first-order valence-corrected chi connectivity index (χ1v) is 8.37. The van der Waals surface area contributed by atoms with E-state index in [0.717, 1.165) is 30.0 Å². The molecule has 7 nitrogen and oxygen atoms in total. The van der Waals surface area contributed by atoms with Gasteiger partial charge >= 0.3 is 6.03 Å². The second kappa shape index (κ2) is 6.13. The molecule has 1 fully saturated rings. The van der Waals surface area contributed by atoms with Gasteiger partial charge in [0.15, 0.2) is 5.65 Å². The average Bonchev–Trinajstić information content (AvgIpc) is 2.87. The standard InChI is InChI=1S/C14H19N5O2S/c1-10-15-12-3-2-11(8-19(12)18-10)16-13(21)17-14(9-20)4-6-22-7-5-14/h2-3,8,20H,4-7,9H2,1H3,(H2,16,17,21). The zero-order valence-electron chi connectivity index (χ0n) is 12.4. The van der Waals surface area contributed by atoms with Crippen molar-refractivity contribution in [1.29, 1.82) is 0 Å². The maximum atomic E-state index is 12.2. The monoisotopic (exact) mass is 321 g/mol. The number of hydrogen-bond donors (Lipinski definition) is 3. The number of anilines is 1. The van der Waals surface area contributed by atoms with Crippen molar-refractivity contribution in [3.8, 4) is 0 Å². The number of amides is 2. The molecular formula is C14H19N5O2S. The summed E-state index contributed by atoms with van der Waals surface area (Å²) in [5.41, 5.74) is 0.858. The van der Waals surface area contributed by atoms with Crippen molar-refractivity contribution in [2.45, 2.75) is 25.3 Å². The average molecular weight is 321 g/mol. The third-order valence-electron chi connectivity index (χ3n) is 3.83. The van der Waals surface area contributed by atoms with Crippen molar-refractivity contribution < 1.29 is 9.90 Å². The van der Waals surface area contributed by atoms with Gasteiger partial charge in [0.2, 0.25) is 0 Å². The predicted octanol–water partition coefficient (Wildman–Crippen LogP) is 1.42. The molecule has 0 aromatic carbocycles. The van der Waals surface area contributed by atoms with Crippen LogP contribution in [0.2, 0.25) is 0 Å². The summed E-state index contributed by atoms with van der Waals surface area (Å²) in [6.45, 7) is 1.78. The van der Waals surface area contributed by atoms with Crippen molar-refractivity contribution >= 4 is 29.1 Å². The van der Waals surface area contributed by atoms with Gasteiger partial charge < -0.3 is 15.7 Å². The number of aliphatic hydroxyl groups excluding tert-OH is 1. The molecule has 0 bridgehead atoms. The van der Waals surface area contributed by atoms with Crippen molar-refractivity contribution in [2.75, 3.05) is 23.4 Å². The number of aryl methyl sites for hydroxylation is 1. The minimum absolute atomic E-state index is 0.0394. The molecule has 1 saturated heterocycles. The Hall–Kier alpha value is -1.80. The molecule has 0 atom stereocenters. The second-order valence-electron chi connectivity index (χ2n) is 5.51. The lowest BCUT2D eigenvalue weighted by molar-refractivity contribution is 0.155. The number of aliphatic hydroxyl groups is 1. The van der Waals surface area contributed by atoms with Crippen LogP contribution in [-0.4, -0.2) is 49.4 Å². The molecule has 22 heavy (non-hydrogen) atoms. The molecule has 1 aliphatic heterocycles. The highest BCUT2D eigenvalue weighted by Gasteiger charge is 2.33. The third-order valence-corrected chi connectivity index (χ3v) is 4.81. The Labute approximate surface area is 132 Å². The van der Waals surface area contributed by atoms with Gasteiger partial charge in [0, 0.05) is 0 Å².